The van der Waals surface area contributed by atoms with Gasteiger partial charge >= 0.3 is 0 Å². The molecule has 1 aromatic carbocycles. The Hall–Kier alpha value is -1.28. The van der Waals surface area contributed by atoms with Crippen molar-refractivity contribution in [3.05, 3.63) is 35.4 Å². The van der Waals surface area contributed by atoms with Gasteiger partial charge in [0.2, 0.25) is 0 Å². The maximum Gasteiger partial charge on any atom is 0.0361 e. The Kier molecular flexibility index (Phi) is 6.80. The smallest absolute Gasteiger partial charge is 0.0361 e. The van der Waals surface area contributed by atoms with Crippen molar-refractivity contribution in [2.24, 2.45) is 11.8 Å². The van der Waals surface area contributed by atoms with Crippen LogP contribution in [0.2, 0.25) is 0 Å². The summed E-state index contributed by atoms with van der Waals surface area (Å²) in [5, 5.41) is 3.54. The molecule has 2 heteroatoms. The third-order valence-electron chi connectivity index (χ3n) is 3.38. The number of benzene rings is 1. The number of hydrogen-bond acceptors (Lipinski definition) is 2. The van der Waals surface area contributed by atoms with E-state index in [0.29, 0.717) is 11.8 Å². The lowest BCUT2D eigenvalue weighted by molar-refractivity contribution is 0.558. The van der Waals surface area contributed by atoms with Crippen molar-refractivity contribution < 1.29 is 0 Å². The second-order valence-corrected chi connectivity index (χ2v) is 6.38. The van der Waals surface area contributed by atoms with Crippen LogP contribution in [-0.2, 0) is 0 Å². The molecule has 0 unspecified atom stereocenters. The summed E-state index contributed by atoms with van der Waals surface area (Å²) in [5.74, 6) is 1.27. The van der Waals surface area contributed by atoms with E-state index >= 15 is 0 Å². The minimum absolute atomic E-state index is 0.572. The molecule has 0 aliphatic carbocycles. The molecule has 0 atom stereocenters. The SMILES string of the molecule is CC(C)CNCC(=Cc1ccc(N(C)C)cc1)C(C)C. The topological polar surface area (TPSA) is 15.3 Å². The first-order valence-corrected chi connectivity index (χ1v) is 7.58. The minimum Gasteiger partial charge on any atom is -0.378 e. The van der Waals surface area contributed by atoms with Crippen LogP contribution >= 0.6 is 0 Å². The second kappa shape index (κ2) is 8.11. The van der Waals surface area contributed by atoms with Gasteiger partial charge in [-0.15, -0.1) is 0 Å². The van der Waals surface area contributed by atoms with Crippen LogP contribution in [0.5, 0.6) is 0 Å². The van der Waals surface area contributed by atoms with Gasteiger partial charge in [-0.1, -0.05) is 51.5 Å². The molecule has 0 aliphatic heterocycles. The zero-order valence-electron chi connectivity index (χ0n) is 13.9. The first-order valence-electron chi connectivity index (χ1n) is 7.58. The zero-order valence-corrected chi connectivity index (χ0v) is 13.9. The van der Waals surface area contributed by atoms with Crippen LogP contribution in [0.3, 0.4) is 0 Å². The second-order valence-electron chi connectivity index (χ2n) is 6.38. The van der Waals surface area contributed by atoms with Crippen molar-refractivity contribution in [1.29, 1.82) is 0 Å². The average Bonchev–Trinajstić information content (AvgIpc) is 2.37. The van der Waals surface area contributed by atoms with Crippen LogP contribution in [0.15, 0.2) is 29.8 Å². The molecule has 0 radical (unpaired) electrons. The van der Waals surface area contributed by atoms with Crippen molar-refractivity contribution in [3.63, 3.8) is 0 Å². The van der Waals surface area contributed by atoms with Gasteiger partial charge in [0.1, 0.15) is 0 Å². The van der Waals surface area contributed by atoms with Crippen molar-refractivity contribution >= 4 is 11.8 Å². The van der Waals surface area contributed by atoms with Gasteiger partial charge in [-0.3, -0.25) is 0 Å². The van der Waals surface area contributed by atoms with Crippen LogP contribution in [-0.4, -0.2) is 27.2 Å². The summed E-state index contributed by atoms with van der Waals surface area (Å²) in [6.07, 6.45) is 2.32. The molecule has 2 nitrogen and oxygen atoms in total. The molecule has 1 aromatic rings. The van der Waals surface area contributed by atoms with Gasteiger partial charge in [0.05, 0.1) is 0 Å². The lowest BCUT2D eigenvalue weighted by Crippen LogP contribution is -2.23. The van der Waals surface area contributed by atoms with Gasteiger partial charge in [-0.2, -0.15) is 0 Å². The highest BCUT2D eigenvalue weighted by molar-refractivity contribution is 5.58. The van der Waals surface area contributed by atoms with Crippen LogP contribution in [0.4, 0.5) is 5.69 Å². The van der Waals surface area contributed by atoms with Crippen molar-refractivity contribution in [2.75, 3.05) is 32.1 Å². The zero-order chi connectivity index (χ0) is 15.1. The molecule has 0 amide bonds. The molecular formula is C18H30N2. The Morgan fingerprint density at radius 1 is 1.10 bits per heavy atom. The van der Waals surface area contributed by atoms with E-state index in [-0.39, 0.29) is 0 Å². The Bertz CT molecular complexity index is 414. The molecule has 1 N–H and O–H groups in total. The lowest BCUT2D eigenvalue weighted by Gasteiger charge is -2.15. The van der Waals surface area contributed by atoms with E-state index in [9.17, 15) is 0 Å². The van der Waals surface area contributed by atoms with Gasteiger partial charge in [-0.25, -0.2) is 0 Å². The van der Waals surface area contributed by atoms with Gasteiger partial charge in [0.25, 0.3) is 0 Å². The number of anilines is 1. The Labute approximate surface area is 124 Å². The van der Waals surface area contributed by atoms with Crippen LogP contribution in [0.1, 0.15) is 33.3 Å². The molecule has 0 heterocycles. The molecule has 0 saturated heterocycles. The fraction of sp³-hybridized carbons (Fsp3) is 0.556. The molecule has 0 spiro atoms. The molecule has 0 saturated carbocycles. The summed E-state index contributed by atoms with van der Waals surface area (Å²) in [6, 6.07) is 8.73. The van der Waals surface area contributed by atoms with Crippen molar-refractivity contribution in [3.8, 4) is 0 Å². The summed E-state index contributed by atoms with van der Waals surface area (Å²) < 4.78 is 0. The normalized spacial score (nSPS) is 12.3. The Balaban J connectivity index is 2.74. The number of nitrogens with one attached hydrogen (secondary N) is 1. The third-order valence-corrected chi connectivity index (χ3v) is 3.38. The van der Waals surface area contributed by atoms with E-state index in [4.69, 9.17) is 0 Å². The monoisotopic (exact) mass is 274 g/mol. The van der Waals surface area contributed by atoms with E-state index in [1.54, 1.807) is 0 Å². The molecule has 1 rings (SSSR count). The summed E-state index contributed by atoms with van der Waals surface area (Å²) in [5.41, 5.74) is 3.99. The predicted molar refractivity (Wildman–Crippen MR) is 91.3 cm³/mol. The van der Waals surface area contributed by atoms with E-state index in [2.05, 4.69) is 82.3 Å². The minimum atomic E-state index is 0.572. The van der Waals surface area contributed by atoms with Crippen LogP contribution in [0.25, 0.3) is 6.08 Å². The molecular weight excluding hydrogens is 244 g/mol. The first-order chi connectivity index (χ1) is 9.40. The van der Waals surface area contributed by atoms with Gasteiger partial charge in [-0.05, 0) is 36.1 Å². The van der Waals surface area contributed by atoms with Gasteiger partial charge in [0.15, 0.2) is 0 Å². The summed E-state index contributed by atoms with van der Waals surface area (Å²) in [4.78, 5) is 2.13. The average molecular weight is 274 g/mol. The van der Waals surface area contributed by atoms with Gasteiger partial charge in [0, 0.05) is 26.3 Å². The van der Waals surface area contributed by atoms with E-state index in [0.717, 1.165) is 13.1 Å². The van der Waals surface area contributed by atoms with E-state index in [1.807, 2.05) is 0 Å². The maximum absolute atomic E-state index is 3.54. The first kappa shape index (κ1) is 16.8. The summed E-state index contributed by atoms with van der Waals surface area (Å²) in [6.45, 7) is 11.1. The van der Waals surface area contributed by atoms with Crippen LogP contribution < -0.4 is 10.2 Å². The molecule has 0 aliphatic rings. The summed E-state index contributed by atoms with van der Waals surface area (Å²) >= 11 is 0. The highest BCUT2D eigenvalue weighted by atomic mass is 15.1. The molecule has 0 fully saturated rings. The van der Waals surface area contributed by atoms with E-state index in [1.165, 1.54) is 16.8 Å². The van der Waals surface area contributed by atoms with Crippen molar-refractivity contribution in [2.45, 2.75) is 27.7 Å². The maximum atomic E-state index is 3.54. The number of rotatable bonds is 7. The van der Waals surface area contributed by atoms with Crippen LogP contribution in [0, 0.1) is 11.8 Å². The summed E-state index contributed by atoms with van der Waals surface area (Å²) in [7, 11) is 4.14. The quantitative estimate of drug-likeness (QED) is 0.807. The molecule has 0 aromatic heterocycles. The number of hydrogen-bond donors (Lipinski definition) is 1. The lowest BCUT2D eigenvalue weighted by atomic mass is 10.00. The Morgan fingerprint density at radius 2 is 1.70 bits per heavy atom. The van der Waals surface area contributed by atoms with Gasteiger partial charge < -0.3 is 10.2 Å². The molecule has 112 valence electrons. The third kappa shape index (κ3) is 5.79. The van der Waals surface area contributed by atoms with Crippen molar-refractivity contribution in [1.82, 2.24) is 5.32 Å². The highest BCUT2D eigenvalue weighted by Crippen LogP contribution is 2.17. The number of nitrogens with zero attached hydrogens (tertiary/aromatic N) is 1. The standard InChI is InChI=1S/C18H30N2/c1-14(2)12-19-13-17(15(3)4)11-16-7-9-18(10-8-16)20(5)6/h7-11,14-15,19H,12-13H2,1-6H3. The molecule has 20 heavy (non-hydrogen) atoms. The Morgan fingerprint density at radius 3 is 2.15 bits per heavy atom. The van der Waals surface area contributed by atoms with E-state index < -0.39 is 0 Å². The fourth-order valence-electron chi connectivity index (χ4n) is 2.01. The fourth-order valence-corrected chi connectivity index (χ4v) is 2.01. The molecule has 0 bridgehead atoms. The largest absolute Gasteiger partial charge is 0.378 e. The highest BCUT2D eigenvalue weighted by Gasteiger charge is 2.04. The predicted octanol–water partition coefficient (Wildman–Crippen LogP) is 4.04.